The monoisotopic (exact) mass is 276 g/mol. The van der Waals surface area contributed by atoms with Crippen molar-refractivity contribution in [3.63, 3.8) is 0 Å². The Labute approximate surface area is 123 Å². The smallest absolute Gasteiger partial charge is 0.0518 e. The molecule has 112 valence electrons. The van der Waals surface area contributed by atoms with Gasteiger partial charge in [-0.2, -0.15) is 0 Å². The van der Waals surface area contributed by atoms with Crippen molar-refractivity contribution in [2.75, 3.05) is 32.8 Å². The van der Waals surface area contributed by atoms with E-state index in [1.165, 1.54) is 24.1 Å². The fourth-order valence-corrected chi connectivity index (χ4v) is 2.62. The second-order valence-corrected chi connectivity index (χ2v) is 5.82. The molecule has 0 spiro atoms. The van der Waals surface area contributed by atoms with Gasteiger partial charge in [0.1, 0.15) is 0 Å². The van der Waals surface area contributed by atoms with E-state index in [2.05, 4.69) is 48.3 Å². The first-order chi connectivity index (χ1) is 9.75. The van der Waals surface area contributed by atoms with Crippen LogP contribution in [0.15, 0.2) is 24.3 Å². The van der Waals surface area contributed by atoms with Crippen molar-refractivity contribution in [1.29, 1.82) is 0 Å². The maximum atomic E-state index is 5.53. The van der Waals surface area contributed by atoms with Crippen LogP contribution < -0.4 is 5.32 Å². The SMILES string of the molecule is CC(C)OCCCNCCN1CCc2ccccc2C1. The summed E-state index contributed by atoms with van der Waals surface area (Å²) >= 11 is 0. The van der Waals surface area contributed by atoms with Crippen LogP contribution in [0.25, 0.3) is 0 Å². The van der Waals surface area contributed by atoms with Gasteiger partial charge in [-0.25, -0.2) is 0 Å². The second-order valence-electron chi connectivity index (χ2n) is 5.82. The number of hydrogen-bond acceptors (Lipinski definition) is 3. The molecule has 0 unspecified atom stereocenters. The summed E-state index contributed by atoms with van der Waals surface area (Å²) in [4.78, 5) is 2.54. The van der Waals surface area contributed by atoms with Crippen molar-refractivity contribution in [3.8, 4) is 0 Å². The highest BCUT2D eigenvalue weighted by Crippen LogP contribution is 2.17. The number of hydrogen-bond donors (Lipinski definition) is 1. The van der Waals surface area contributed by atoms with E-state index in [1.54, 1.807) is 0 Å². The van der Waals surface area contributed by atoms with Gasteiger partial charge >= 0.3 is 0 Å². The fraction of sp³-hybridized carbons (Fsp3) is 0.647. The summed E-state index contributed by atoms with van der Waals surface area (Å²) in [6.45, 7) is 10.6. The van der Waals surface area contributed by atoms with Crippen molar-refractivity contribution >= 4 is 0 Å². The average Bonchev–Trinajstić information content (AvgIpc) is 2.46. The lowest BCUT2D eigenvalue weighted by molar-refractivity contribution is 0.0770. The maximum absolute atomic E-state index is 5.53. The molecule has 0 bridgehead atoms. The van der Waals surface area contributed by atoms with E-state index in [9.17, 15) is 0 Å². The van der Waals surface area contributed by atoms with Gasteiger partial charge in [-0.1, -0.05) is 24.3 Å². The zero-order valence-corrected chi connectivity index (χ0v) is 12.9. The predicted octanol–water partition coefficient (Wildman–Crippen LogP) is 2.45. The molecule has 1 aromatic rings. The van der Waals surface area contributed by atoms with Gasteiger partial charge in [0.15, 0.2) is 0 Å². The van der Waals surface area contributed by atoms with E-state index >= 15 is 0 Å². The summed E-state index contributed by atoms with van der Waals surface area (Å²) in [6.07, 6.45) is 2.64. The first kappa shape index (κ1) is 15.5. The van der Waals surface area contributed by atoms with Crippen LogP contribution >= 0.6 is 0 Å². The largest absolute Gasteiger partial charge is 0.379 e. The number of rotatable bonds is 8. The molecule has 0 atom stereocenters. The molecule has 3 nitrogen and oxygen atoms in total. The quantitative estimate of drug-likeness (QED) is 0.738. The summed E-state index contributed by atoms with van der Waals surface area (Å²) in [5.41, 5.74) is 3.03. The van der Waals surface area contributed by atoms with Gasteiger partial charge in [0, 0.05) is 32.8 Å². The van der Waals surface area contributed by atoms with Gasteiger partial charge in [-0.05, 0) is 44.4 Å². The van der Waals surface area contributed by atoms with E-state index in [4.69, 9.17) is 4.74 Å². The Morgan fingerprint density at radius 3 is 2.80 bits per heavy atom. The third-order valence-electron chi connectivity index (χ3n) is 3.76. The molecule has 0 fully saturated rings. The molecule has 0 saturated carbocycles. The molecule has 0 aliphatic carbocycles. The van der Waals surface area contributed by atoms with Crippen molar-refractivity contribution in [2.45, 2.75) is 39.3 Å². The third-order valence-corrected chi connectivity index (χ3v) is 3.76. The Balaban J connectivity index is 1.55. The van der Waals surface area contributed by atoms with Gasteiger partial charge in [0.05, 0.1) is 6.10 Å². The standard InChI is InChI=1S/C17H28N2O/c1-15(2)20-13-5-9-18-10-12-19-11-8-16-6-3-4-7-17(16)14-19/h3-4,6-7,15,18H,5,8-14H2,1-2H3. The molecule has 20 heavy (non-hydrogen) atoms. The Hall–Kier alpha value is -0.900. The van der Waals surface area contributed by atoms with Crippen molar-refractivity contribution in [3.05, 3.63) is 35.4 Å². The number of fused-ring (bicyclic) bond motifs is 1. The lowest BCUT2D eigenvalue weighted by atomic mass is 10.00. The topological polar surface area (TPSA) is 24.5 Å². The molecule has 0 aromatic heterocycles. The molecule has 1 aliphatic heterocycles. The normalized spacial score (nSPS) is 15.6. The fourth-order valence-electron chi connectivity index (χ4n) is 2.62. The zero-order chi connectivity index (χ0) is 14.2. The molecule has 0 radical (unpaired) electrons. The van der Waals surface area contributed by atoms with E-state index in [-0.39, 0.29) is 0 Å². The molecule has 1 aromatic carbocycles. The van der Waals surface area contributed by atoms with Gasteiger partial charge in [-0.15, -0.1) is 0 Å². The Bertz CT molecular complexity index is 392. The number of ether oxygens (including phenoxy) is 1. The molecule has 1 aliphatic rings. The average molecular weight is 276 g/mol. The summed E-state index contributed by atoms with van der Waals surface area (Å²) < 4.78 is 5.53. The van der Waals surface area contributed by atoms with Crippen LogP contribution in [-0.2, 0) is 17.7 Å². The van der Waals surface area contributed by atoms with E-state index < -0.39 is 0 Å². The number of benzene rings is 1. The molecule has 1 heterocycles. The molecular formula is C17H28N2O. The number of nitrogens with one attached hydrogen (secondary N) is 1. The van der Waals surface area contributed by atoms with E-state index in [0.29, 0.717) is 6.10 Å². The van der Waals surface area contributed by atoms with Gasteiger partial charge in [0.2, 0.25) is 0 Å². The van der Waals surface area contributed by atoms with Crippen LogP contribution in [0.1, 0.15) is 31.4 Å². The first-order valence-electron chi connectivity index (χ1n) is 7.87. The third kappa shape index (κ3) is 5.23. The highest BCUT2D eigenvalue weighted by Gasteiger charge is 2.14. The molecule has 3 heteroatoms. The number of nitrogens with zero attached hydrogens (tertiary/aromatic N) is 1. The molecule has 0 amide bonds. The van der Waals surface area contributed by atoms with Gasteiger partial charge in [0.25, 0.3) is 0 Å². The van der Waals surface area contributed by atoms with Gasteiger partial charge < -0.3 is 10.1 Å². The lowest BCUT2D eigenvalue weighted by Crippen LogP contribution is -2.36. The molecule has 1 N–H and O–H groups in total. The minimum Gasteiger partial charge on any atom is -0.379 e. The summed E-state index contributed by atoms with van der Waals surface area (Å²) in [6, 6.07) is 8.82. The van der Waals surface area contributed by atoms with Crippen LogP contribution in [0.5, 0.6) is 0 Å². The molecule has 2 rings (SSSR count). The summed E-state index contributed by atoms with van der Waals surface area (Å²) in [7, 11) is 0. The van der Waals surface area contributed by atoms with Gasteiger partial charge in [-0.3, -0.25) is 4.90 Å². The van der Waals surface area contributed by atoms with E-state index in [1.807, 2.05) is 0 Å². The lowest BCUT2D eigenvalue weighted by Gasteiger charge is -2.28. The van der Waals surface area contributed by atoms with Crippen molar-refractivity contribution in [2.24, 2.45) is 0 Å². The highest BCUT2D eigenvalue weighted by atomic mass is 16.5. The van der Waals surface area contributed by atoms with Crippen molar-refractivity contribution < 1.29 is 4.74 Å². The van der Waals surface area contributed by atoms with Crippen LogP contribution in [0.3, 0.4) is 0 Å². The summed E-state index contributed by atoms with van der Waals surface area (Å²) in [5.74, 6) is 0. The maximum Gasteiger partial charge on any atom is 0.0518 e. The molecule has 0 saturated heterocycles. The molecular weight excluding hydrogens is 248 g/mol. The predicted molar refractivity (Wildman–Crippen MR) is 84.0 cm³/mol. The van der Waals surface area contributed by atoms with Crippen LogP contribution in [0.2, 0.25) is 0 Å². The zero-order valence-electron chi connectivity index (χ0n) is 12.9. The first-order valence-corrected chi connectivity index (χ1v) is 7.87. The van der Waals surface area contributed by atoms with Crippen LogP contribution in [-0.4, -0.2) is 43.8 Å². The van der Waals surface area contributed by atoms with Crippen LogP contribution in [0.4, 0.5) is 0 Å². The van der Waals surface area contributed by atoms with E-state index in [0.717, 1.165) is 39.2 Å². The summed E-state index contributed by atoms with van der Waals surface area (Å²) in [5, 5.41) is 3.51. The Morgan fingerprint density at radius 1 is 1.20 bits per heavy atom. The minimum atomic E-state index is 0.350. The minimum absolute atomic E-state index is 0.350. The highest BCUT2D eigenvalue weighted by molar-refractivity contribution is 5.28. The van der Waals surface area contributed by atoms with Crippen molar-refractivity contribution in [1.82, 2.24) is 10.2 Å². The second kappa shape index (κ2) is 8.40. The Kier molecular flexibility index (Phi) is 6.51. The Morgan fingerprint density at radius 2 is 2.00 bits per heavy atom. The van der Waals surface area contributed by atoms with Crippen LogP contribution in [0, 0.1) is 0 Å².